The molecule has 0 spiro atoms. The number of nitrogens with two attached hydrogens (primary N) is 1. The van der Waals surface area contributed by atoms with E-state index in [1.807, 2.05) is 54.6 Å². The number of ether oxygens (including phenoxy) is 1. The SMILES string of the molecule is CCC(C)C(Cc1ccc(OCc2ccccc2)cc1)C(=O)NN. The number of hydrogen-bond donors (Lipinski definition) is 2. The number of hydrazine groups is 1. The van der Waals surface area contributed by atoms with Gasteiger partial charge in [0.25, 0.3) is 0 Å². The van der Waals surface area contributed by atoms with Crippen LogP contribution in [0.5, 0.6) is 5.75 Å². The van der Waals surface area contributed by atoms with Gasteiger partial charge in [-0.05, 0) is 35.6 Å². The van der Waals surface area contributed by atoms with Crippen molar-refractivity contribution < 1.29 is 9.53 Å². The molecule has 2 rings (SSSR count). The maximum absolute atomic E-state index is 12.0. The van der Waals surface area contributed by atoms with Crippen molar-refractivity contribution in [1.29, 1.82) is 0 Å². The lowest BCUT2D eigenvalue weighted by molar-refractivity contribution is -0.126. The van der Waals surface area contributed by atoms with Crippen molar-refractivity contribution in [3.63, 3.8) is 0 Å². The van der Waals surface area contributed by atoms with E-state index in [1.54, 1.807) is 0 Å². The van der Waals surface area contributed by atoms with Gasteiger partial charge < -0.3 is 4.74 Å². The first kappa shape index (κ1) is 18.0. The van der Waals surface area contributed by atoms with Crippen LogP contribution in [-0.4, -0.2) is 5.91 Å². The Hall–Kier alpha value is -2.33. The fourth-order valence-electron chi connectivity index (χ4n) is 2.66. The Morgan fingerprint density at radius 1 is 1.08 bits per heavy atom. The molecule has 0 saturated carbocycles. The number of amides is 1. The molecule has 2 unspecified atom stereocenters. The molecule has 1 amide bonds. The molecular weight excluding hydrogens is 300 g/mol. The van der Waals surface area contributed by atoms with Crippen LogP contribution in [0.15, 0.2) is 54.6 Å². The maximum atomic E-state index is 12.0. The van der Waals surface area contributed by atoms with Gasteiger partial charge in [0, 0.05) is 5.92 Å². The fraction of sp³-hybridized carbons (Fsp3) is 0.350. The van der Waals surface area contributed by atoms with Gasteiger partial charge in [-0.25, -0.2) is 5.84 Å². The van der Waals surface area contributed by atoms with Gasteiger partial charge in [0.15, 0.2) is 0 Å². The second-order valence-corrected chi connectivity index (χ2v) is 6.12. The van der Waals surface area contributed by atoms with Gasteiger partial charge in [-0.2, -0.15) is 0 Å². The van der Waals surface area contributed by atoms with Crippen LogP contribution in [0, 0.1) is 11.8 Å². The molecule has 0 saturated heterocycles. The van der Waals surface area contributed by atoms with E-state index in [4.69, 9.17) is 10.6 Å². The molecule has 0 aliphatic heterocycles. The number of nitrogens with one attached hydrogen (secondary N) is 1. The average molecular weight is 326 g/mol. The highest BCUT2D eigenvalue weighted by Gasteiger charge is 2.23. The summed E-state index contributed by atoms with van der Waals surface area (Å²) in [6.45, 7) is 4.71. The van der Waals surface area contributed by atoms with Crippen LogP contribution in [0.1, 0.15) is 31.4 Å². The first-order chi connectivity index (χ1) is 11.6. The highest BCUT2D eigenvalue weighted by molar-refractivity contribution is 5.78. The molecule has 0 heterocycles. The van der Waals surface area contributed by atoms with Crippen molar-refractivity contribution in [2.75, 3.05) is 0 Å². The van der Waals surface area contributed by atoms with Gasteiger partial charge >= 0.3 is 0 Å². The van der Waals surface area contributed by atoms with Gasteiger partial charge in [0.1, 0.15) is 12.4 Å². The summed E-state index contributed by atoms with van der Waals surface area (Å²) in [5.74, 6) is 6.21. The Morgan fingerprint density at radius 2 is 1.75 bits per heavy atom. The van der Waals surface area contributed by atoms with E-state index in [0.29, 0.717) is 13.0 Å². The van der Waals surface area contributed by atoms with Gasteiger partial charge in [-0.3, -0.25) is 10.2 Å². The third kappa shape index (κ3) is 5.10. The minimum absolute atomic E-state index is 0.103. The molecule has 128 valence electrons. The summed E-state index contributed by atoms with van der Waals surface area (Å²) in [6.07, 6.45) is 1.62. The lowest BCUT2D eigenvalue weighted by Gasteiger charge is -2.21. The first-order valence-corrected chi connectivity index (χ1v) is 8.40. The molecule has 4 heteroatoms. The Balaban J connectivity index is 1.96. The highest BCUT2D eigenvalue weighted by Crippen LogP contribution is 2.22. The van der Waals surface area contributed by atoms with Crippen LogP contribution in [0.3, 0.4) is 0 Å². The van der Waals surface area contributed by atoms with Crippen LogP contribution in [-0.2, 0) is 17.8 Å². The monoisotopic (exact) mass is 326 g/mol. The molecule has 0 radical (unpaired) electrons. The van der Waals surface area contributed by atoms with Gasteiger partial charge in [-0.15, -0.1) is 0 Å². The molecule has 0 fully saturated rings. The van der Waals surface area contributed by atoms with Gasteiger partial charge in [-0.1, -0.05) is 62.7 Å². The molecule has 3 N–H and O–H groups in total. The van der Waals surface area contributed by atoms with E-state index in [2.05, 4.69) is 19.3 Å². The second kappa shape index (κ2) is 9.08. The maximum Gasteiger partial charge on any atom is 0.237 e. The van der Waals surface area contributed by atoms with E-state index in [0.717, 1.165) is 23.3 Å². The zero-order valence-electron chi connectivity index (χ0n) is 14.4. The Morgan fingerprint density at radius 3 is 2.33 bits per heavy atom. The Bertz CT molecular complexity index is 626. The minimum Gasteiger partial charge on any atom is -0.489 e. The molecule has 4 nitrogen and oxygen atoms in total. The largest absolute Gasteiger partial charge is 0.489 e. The third-order valence-corrected chi connectivity index (χ3v) is 4.44. The molecule has 2 aromatic rings. The van der Waals surface area contributed by atoms with E-state index in [-0.39, 0.29) is 17.7 Å². The van der Waals surface area contributed by atoms with E-state index in [1.165, 1.54) is 0 Å². The van der Waals surface area contributed by atoms with Crippen molar-refractivity contribution >= 4 is 5.91 Å². The molecule has 0 bridgehead atoms. The molecule has 2 atom stereocenters. The Labute approximate surface area is 144 Å². The number of benzene rings is 2. The summed E-state index contributed by atoms with van der Waals surface area (Å²) < 4.78 is 5.79. The summed E-state index contributed by atoms with van der Waals surface area (Å²) in [5.41, 5.74) is 4.53. The summed E-state index contributed by atoms with van der Waals surface area (Å²) in [5, 5.41) is 0. The average Bonchev–Trinajstić information content (AvgIpc) is 2.65. The first-order valence-electron chi connectivity index (χ1n) is 8.40. The van der Waals surface area contributed by atoms with E-state index in [9.17, 15) is 4.79 Å². The number of carbonyl (C=O) groups excluding carboxylic acids is 1. The van der Waals surface area contributed by atoms with Crippen LogP contribution < -0.4 is 16.0 Å². The fourth-order valence-corrected chi connectivity index (χ4v) is 2.66. The normalized spacial score (nSPS) is 13.1. The van der Waals surface area contributed by atoms with Crippen molar-refractivity contribution in [3.8, 4) is 5.75 Å². The summed E-state index contributed by atoms with van der Waals surface area (Å²) in [6, 6.07) is 18.0. The van der Waals surface area contributed by atoms with E-state index >= 15 is 0 Å². The van der Waals surface area contributed by atoms with Crippen molar-refractivity contribution in [2.24, 2.45) is 17.7 Å². The second-order valence-electron chi connectivity index (χ2n) is 6.12. The lowest BCUT2D eigenvalue weighted by atomic mass is 9.86. The van der Waals surface area contributed by atoms with Crippen molar-refractivity contribution in [2.45, 2.75) is 33.3 Å². The number of carbonyl (C=O) groups is 1. The molecule has 2 aromatic carbocycles. The van der Waals surface area contributed by atoms with Crippen molar-refractivity contribution in [3.05, 3.63) is 65.7 Å². The smallest absolute Gasteiger partial charge is 0.237 e. The third-order valence-electron chi connectivity index (χ3n) is 4.44. The van der Waals surface area contributed by atoms with E-state index < -0.39 is 0 Å². The van der Waals surface area contributed by atoms with Crippen LogP contribution in [0.4, 0.5) is 0 Å². The lowest BCUT2D eigenvalue weighted by Crippen LogP contribution is -2.39. The van der Waals surface area contributed by atoms with Crippen LogP contribution in [0.2, 0.25) is 0 Å². The predicted molar refractivity (Wildman–Crippen MR) is 96.2 cm³/mol. The molecular formula is C20H26N2O2. The topological polar surface area (TPSA) is 64.3 Å². The van der Waals surface area contributed by atoms with Gasteiger partial charge in [0.2, 0.25) is 5.91 Å². The minimum atomic E-state index is -0.115. The van der Waals surface area contributed by atoms with Crippen molar-refractivity contribution in [1.82, 2.24) is 5.43 Å². The standard InChI is InChI=1S/C20H26N2O2/c1-3-15(2)19(20(23)22-21)13-16-9-11-18(12-10-16)24-14-17-7-5-4-6-8-17/h4-12,15,19H,3,13-14,21H2,1-2H3,(H,22,23). The molecule has 24 heavy (non-hydrogen) atoms. The quantitative estimate of drug-likeness (QED) is 0.443. The zero-order valence-corrected chi connectivity index (χ0v) is 14.4. The summed E-state index contributed by atoms with van der Waals surface area (Å²) in [4.78, 5) is 12.0. The van der Waals surface area contributed by atoms with Crippen LogP contribution in [0.25, 0.3) is 0 Å². The molecule has 0 aliphatic rings. The van der Waals surface area contributed by atoms with Crippen LogP contribution >= 0.6 is 0 Å². The van der Waals surface area contributed by atoms with Gasteiger partial charge in [0.05, 0.1) is 0 Å². The number of rotatable bonds is 8. The summed E-state index contributed by atoms with van der Waals surface area (Å²) in [7, 11) is 0. The summed E-state index contributed by atoms with van der Waals surface area (Å²) >= 11 is 0. The highest BCUT2D eigenvalue weighted by atomic mass is 16.5. The molecule has 0 aliphatic carbocycles. The molecule has 0 aromatic heterocycles. The zero-order chi connectivity index (χ0) is 17.4. The number of hydrogen-bond acceptors (Lipinski definition) is 3. The Kier molecular flexibility index (Phi) is 6.82. The predicted octanol–water partition coefficient (Wildman–Crippen LogP) is 3.46.